The third-order valence-corrected chi connectivity index (χ3v) is 3.91. The van der Waals surface area contributed by atoms with E-state index in [0.717, 1.165) is 24.5 Å². The molecule has 5 heteroatoms. The van der Waals surface area contributed by atoms with Crippen LogP contribution in [0.15, 0.2) is 42.6 Å². The Morgan fingerprint density at radius 3 is 2.20 bits per heavy atom. The minimum Gasteiger partial charge on any atom is -0.372 e. The molecule has 2 N–H and O–H groups in total. The van der Waals surface area contributed by atoms with E-state index in [4.69, 9.17) is 0 Å². The number of rotatable bonds is 8. The average molecular weight is 340 g/mol. The number of hydrogen-bond acceptors (Lipinski definition) is 4. The van der Waals surface area contributed by atoms with Crippen molar-refractivity contribution in [2.45, 2.75) is 34.1 Å². The second-order valence-electron chi connectivity index (χ2n) is 6.42. The standard InChI is InChI=1S/C20H28N4O/c1-5-24(6-2)18-10-7-16(8-11-18)22-17-9-12-19(21-14-17)23-20(25)13-15(3)4/h7-12,14-15,22H,5-6,13H2,1-4H3,(H,21,23,25). The summed E-state index contributed by atoms with van der Waals surface area (Å²) in [5.41, 5.74) is 3.11. The number of benzene rings is 1. The lowest BCUT2D eigenvalue weighted by Gasteiger charge is -2.21. The van der Waals surface area contributed by atoms with E-state index in [-0.39, 0.29) is 5.91 Å². The normalized spacial score (nSPS) is 10.6. The van der Waals surface area contributed by atoms with Crippen molar-refractivity contribution in [3.63, 3.8) is 0 Å². The number of carbonyl (C=O) groups is 1. The smallest absolute Gasteiger partial charge is 0.225 e. The molecule has 0 aliphatic carbocycles. The highest BCUT2D eigenvalue weighted by Crippen LogP contribution is 2.21. The zero-order valence-electron chi connectivity index (χ0n) is 15.5. The zero-order chi connectivity index (χ0) is 18.2. The molecule has 0 unspecified atom stereocenters. The van der Waals surface area contributed by atoms with Crippen molar-refractivity contribution in [3.05, 3.63) is 42.6 Å². The highest BCUT2D eigenvalue weighted by Gasteiger charge is 2.06. The molecule has 0 saturated heterocycles. The number of carbonyl (C=O) groups excluding carboxylic acids is 1. The van der Waals surface area contributed by atoms with E-state index in [1.807, 2.05) is 26.0 Å². The molecule has 0 spiro atoms. The van der Waals surface area contributed by atoms with Crippen molar-refractivity contribution in [3.8, 4) is 0 Å². The van der Waals surface area contributed by atoms with Gasteiger partial charge >= 0.3 is 0 Å². The first-order valence-electron chi connectivity index (χ1n) is 8.89. The summed E-state index contributed by atoms with van der Waals surface area (Å²) in [7, 11) is 0. The molecule has 2 aromatic rings. The van der Waals surface area contributed by atoms with Gasteiger partial charge in [-0.1, -0.05) is 13.8 Å². The van der Waals surface area contributed by atoms with E-state index < -0.39 is 0 Å². The highest BCUT2D eigenvalue weighted by atomic mass is 16.1. The Hall–Kier alpha value is -2.56. The van der Waals surface area contributed by atoms with Crippen molar-refractivity contribution in [1.82, 2.24) is 4.98 Å². The van der Waals surface area contributed by atoms with Gasteiger partial charge in [0.15, 0.2) is 0 Å². The van der Waals surface area contributed by atoms with Crippen LogP contribution < -0.4 is 15.5 Å². The van der Waals surface area contributed by atoms with Crippen LogP contribution in [0.3, 0.4) is 0 Å². The van der Waals surface area contributed by atoms with E-state index in [2.05, 4.69) is 58.6 Å². The molecule has 0 aliphatic rings. The number of nitrogens with one attached hydrogen (secondary N) is 2. The minimum absolute atomic E-state index is 0.00444. The Balaban J connectivity index is 1.95. The fraction of sp³-hybridized carbons (Fsp3) is 0.400. The lowest BCUT2D eigenvalue weighted by atomic mass is 10.1. The van der Waals surface area contributed by atoms with E-state index >= 15 is 0 Å². The first-order chi connectivity index (χ1) is 12.0. The molecule has 0 bridgehead atoms. The molecule has 1 heterocycles. The molecule has 134 valence electrons. The maximum Gasteiger partial charge on any atom is 0.225 e. The largest absolute Gasteiger partial charge is 0.372 e. The number of pyridine rings is 1. The highest BCUT2D eigenvalue weighted by molar-refractivity contribution is 5.89. The van der Waals surface area contributed by atoms with Crippen LogP contribution in [0.1, 0.15) is 34.1 Å². The van der Waals surface area contributed by atoms with Gasteiger partial charge in [-0.2, -0.15) is 0 Å². The summed E-state index contributed by atoms with van der Waals surface area (Å²) in [4.78, 5) is 18.4. The van der Waals surface area contributed by atoms with E-state index in [1.165, 1.54) is 5.69 Å². The van der Waals surface area contributed by atoms with Crippen LogP contribution in [0, 0.1) is 5.92 Å². The van der Waals surface area contributed by atoms with Crippen molar-refractivity contribution >= 4 is 28.8 Å². The van der Waals surface area contributed by atoms with Gasteiger partial charge in [0.05, 0.1) is 11.9 Å². The zero-order valence-corrected chi connectivity index (χ0v) is 15.5. The van der Waals surface area contributed by atoms with Gasteiger partial charge in [0.25, 0.3) is 0 Å². The average Bonchev–Trinajstić information content (AvgIpc) is 2.58. The first-order valence-corrected chi connectivity index (χ1v) is 8.89. The summed E-state index contributed by atoms with van der Waals surface area (Å²) in [6.07, 6.45) is 2.23. The van der Waals surface area contributed by atoms with E-state index in [9.17, 15) is 4.79 Å². The molecule has 0 saturated carbocycles. The number of amides is 1. The maximum atomic E-state index is 11.8. The number of anilines is 4. The molecule has 0 fully saturated rings. The van der Waals surface area contributed by atoms with Crippen LogP contribution in [0.2, 0.25) is 0 Å². The minimum atomic E-state index is -0.00444. The number of aromatic nitrogens is 1. The summed E-state index contributed by atoms with van der Waals surface area (Å²) in [6.45, 7) is 10.3. The monoisotopic (exact) mass is 340 g/mol. The van der Waals surface area contributed by atoms with Crippen molar-refractivity contribution < 1.29 is 4.79 Å². The molecule has 1 amide bonds. The van der Waals surface area contributed by atoms with Gasteiger partial charge in [-0.3, -0.25) is 4.79 Å². The van der Waals surface area contributed by atoms with Gasteiger partial charge in [-0.25, -0.2) is 4.98 Å². The quantitative estimate of drug-likeness (QED) is 0.734. The molecule has 1 aromatic carbocycles. The van der Waals surface area contributed by atoms with Gasteiger partial charge in [0.2, 0.25) is 5.91 Å². The Bertz CT molecular complexity index is 661. The van der Waals surface area contributed by atoms with Crippen LogP contribution in [0.25, 0.3) is 0 Å². The third-order valence-electron chi connectivity index (χ3n) is 3.91. The van der Waals surface area contributed by atoms with Crippen LogP contribution in [0.4, 0.5) is 22.9 Å². The van der Waals surface area contributed by atoms with Crippen molar-refractivity contribution in [2.24, 2.45) is 5.92 Å². The van der Waals surface area contributed by atoms with Crippen LogP contribution in [-0.2, 0) is 4.79 Å². The molecular formula is C20H28N4O. The second kappa shape index (κ2) is 9.06. The summed E-state index contributed by atoms with van der Waals surface area (Å²) >= 11 is 0. The molecule has 0 aliphatic heterocycles. The van der Waals surface area contributed by atoms with Gasteiger partial charge in [0, 0.05) is 30.9 Å². The predicted molar refractivity (Wildman–Crippen MR) is 106 cm³/mol. The van der Waals surface area contributed by atoms with Crippen molar-refractivity contribution in [2.75, 3.05) is 28.6 Å². The molecule has 0 radical (unpaired) electrons. The van der Waals surface area contributed by atoms with Crippen LogP contribution in [-0.4, -0.2) is 24.0 Å². The fourth-order valence-electron chi connectivity index (χ4n) is 2.62. The Labute approximate surface area is 150 Å². The van der Waals surface area contributed by atoms with Gasteiger partial charge in [-0.05, 0) is 56.2 Å². The molecular weight excluding hydrogens is 312 g/mol. The summed E-state index contributed by atoms with van der Waals surface area (Å²) in [5.74, 6) is 0.906. The summed E-state index contributed by atoms with van der Waals surface area (Å²) in [6, 6.07) is 12.1. The van der Waals surface area contributed by atoms with Crippen LogP contribution >= 0.6 is 0 Å². The number of nitrogens with zero attached hydrogens (tertiary/aromatic N) is 2. The third kappa shape index (κ3) is 5.78. The summed E-state index contributed by atoms with van der Waals surface area (Å²) in [5, 5.41) is 6.14. The predicted octanol–water partition coefficient (Wildman–Crippen LogP) is 4.66. The topological polar surface area (TPSA) is 57.3 Å². The molecule has 1 aromatic heterocycles. The van der Waals surface area contributed by atoms with E-state index in [0.29, 0.717) is 18.2 Å². The van der Waals surface area contributed by atoms with Gasteiger partial charge in [0.1, 0.15) is 5.82 Å². The second-order valence-corrected chi connectivity index (χ2v) is 6.42. The Kier molecular flexibility index (Phi) is 6.81. The summed E-state index contributed by atoms with van der Waals surface area (Å²) < 4.78 is 0. The Morgan fingerprint density at radius 2 is 1.68 bits per heavy atom. The van der Waals surface area contributed by atoms with Gasteiger partial charge < -0.3 is 15.5 Å². The Morgan fingerprint density at radius 1 is 1.04 bits per heavy atom. The maximum absolute atomic E-state index is 11.8. The lowest BCUT2D eigenvalue weighted by Crippen LogP contribution is -2.21. The van der Waals surface area contributed by atoms with E-state index in [1.54, 1.807) is 6.20 Å². The van der Waals surface area contributed by atoms with Gasteiger partial charge in [-0.15, -0.1) is 0 Å². The molecule has 25 heavy (non-hydrogen) atoms. The van der Waals surface area contributed by atoms with Crippen LogP contribution in [0.5, 0.6) is 0 Å². The molecule has 5 nitrogen and oxygen atoms in total. The molecule has 0 atom stereocenters. The first kappa shape index (κ1) is 18.8. The number of hydrogen-bond donors (Lipinski definition) is 2. The van der Waals surface area contributed by atoms with Crippen molar-refractivity contribution in [1.29, 1.82) is 0 Å². The SMILES string of the molecule is CCN(CC)c1ccc(Nc2ccc(NC(=O)CC(C)C)nc2)cc1. The molecule has 2 rings (SSSR count). The fourth-order valence-corrected chi connectivity index (χ4v) is 2.62. The lowest BCUT2D eigenvalue weighted by molar-refractivity contribution is -0.116.